The SMILES string of the molecule is CNCc1nc(N(C)C(C)C)cc2c1CN(c1cccc(-c3nncn3Cc3ccccc3F)n1)C2=O. The first kappa shape index (κ1) is 24.5. The second-order valence-electron chi connectivity index (χ2n) is 9.33. The van der Waals surface area contributed by atoms with Gasteiger partial charge in [0.15, 0.2) is 5.82 Å². The molecule has 0 atom stereocenters. The van der Waals surface area contributed by atoms with Crippen LogP contribution in [0.3, 0.4) is 0 Å². The van der Waals surface area contributed by atoms with Crippen molar-refractivity contribution in [2.45, 2.75) is 39.5 Å². The van der Waals surface area contributed by atoms with E-state index in [0.717, 1.165) is 17.1 Å². The van der Waals surface area contributed by atoms with Crippen LogP contribution < -0.4 is 15.1 Å². The summed E-state index contributed by atoms with van der Waals surface area (Å²) >= 11 is 0. The molecule has 9 nitrogen and oxygen atoms in total. The van der Waals surface area contributed by atoms with Crippen molar-refractivity contribution in [1.29, 1.82) is 0 Å². The molecule has 0 bridgehead atoms. The Morgan fingerprint density at radius 1 is 1.14 bits per heavy atom. The van der Waals surface area contributed by atoms with Gasteiger partial charge >= 0.3 is 0 Å². The first-order chi connectivity index (χ1) is 17.9. The van der Waals surface area contributed by atoms with Crippen LogP contribution in [0, 0.1) is 5.82 Å². The summed E-state index contributed by atoms with van der Waals surface area (Å²) in [5, 5.41) is 11.4. The fourth-order valence-corrected chi connectivity index (χ4v) is 4.37. The molecule has 0 unspecified atom stereocenters. The van der Waals surface area contributed by atoms with Crippen LogP contribution in [0.15, 0.2) is 54.9 Å². The Morgan fingerprint density at radius 2 is 1.95 bits per heavy atom. The molecule has 5 rings (SSSR count). The highest BCUT2D eigenvalue weighted by molar-refractivity contribution is 6.10. The number of fused-ring (bicyclic) bond motifs is 1. The minimum Gasteiger partial charge on any atom is -0.357 e. The highest BCUT2D eigenvalue weighted by atomic mass is 19.1. The number of nitrogens with one attached hydrogen (secondary N) is 1. The first-order valence-corrected chi connectivity index (χ1v) is 12.2. The van der Waals surface area contributed by atoms with E-state index in [0.29, 0.717) is 41.6 Å². The molecule has 1 aliphatic heterocycles. The van der Waals surface area contributed by atoms with Gasteiger partial charge in [0.2, 0.25) is 0 Å². The van der Waals surface area contributed by atoms with E-state index < -0.39 is 0 Å². The highest BCUT2D eigenvalue weighted by Crippen LogP contribution is 2.32. The molecule has 1 amide bonds. The number of carbonyl (C=O) groups is 1. The molecule has 3 aromatic heterocycles. The number of rotatable bonds is 8. The molecule has 0 saturated carbocycles. The molecule has 1 aliphatic rings. The van der Waals surface area contributed by atoms with Crippen LogP contribution >= 0.6 is 0 Å². The van der Waals surface area contributed by atoms with Crippen LogP contribution in [-0.4, -0.2) is 50.8 Å². The number of nitrogens with zero attached hydrogens (tertiary/aromatic N) is 7. The molecule has 0 fully saturated rings. The predicted octanol–water partition coefficient (Wildman–Crippen LogP) is 3.65. The lowest BCUT2D eigenvalue weighted by Crippen LogP contribution is -2.27. The number of benzene rings is 1. The number of hydrogen-bond donors (Lipinski definition) is 1. The predicted molar refractivity (Wildman–Crippen MR) is 140 cm³/mol. The Labute approximate surface area is 215 Å². The number of hydrogen-bond acceptors (Lipinski definition) is 7. The maximum absolute atomic E-state index is 14.2. The van der Waals surface area contributed by atoms with Gasteiger partial charge in [-0.05, 0) is 45.2 Å². The number of carbonyl (C=O) groups excluding carboxylic acids is 1. The molecule has 1 aromatic carbocycles. The van der Waals surface area contributed by atoms with Crippen molar-refractivity contribution in [3.05, 3.63) is 83.1 Å². The number of halogens is 1. The van der Waals surface area contributed by atoms with Crippen molar-refractivity contribution < 1.29 is 9.18 Å². The lowest BCUT2D eigenvalue weighted by molar-refractivity contribution is 0.0996. The smallest absolute Gasteiger partial charge is 0.260 e. The second kappa shape index (κ2) is 10.1. The van der Waals surface area contributed by atoms with Crippen LogP contribution in [0.1, 0.15) is 41.0 Å². The van der Waals surface area contributed by atoms with E-state index in [1.807, 2.05) is 32.3 Å². The van der Waals surface area contributed by atoms with Crippen LogP contribution in [0.2, 0.25) is 0 Å². The topological polar surface area (TPSA) is 92.1 Å². The normalized spacial score (nSPS) is 12.9. The number of aromatic nitrogens is 5. The van der Waals surface area contributed by atoms with E-state index in [-0.39, 0.29) is 24.3 Å². The molecule has 0 spiro atoms. The molecule has 37 heavy (non-hydrogen) atoms. The summed E-state index contributed by atoms with van der Waals surface area (Å²) in [6, 6.07) is 14.1. The lowest BCUT2D eigenvalue weighted by atomic mass is 10.1. The van der Waals surface area contributed by atoms with Gasteiger partial charge in [0.05, 0.1) is 24.3 Å². The molecule has 10 heteroatoms. The van der Waals surface area contributed by atoms with E-state index >= 15 is 0 Å². The molecule has 4 heterocycles. The minimum absolute atomic E-state index is 0.120. The van der Waals surface area contributed by atoms with Gasteiger partial charge in [-0.1, -0.05) is 24.3 Å². The Balaban J connectivity index is 1.47. The molecular formula is C27H29FN8O. The van der Waals surface area contributed by atoms with E-state index in [1.165, 1.54) is 6.07 Å². The van der Waals surface area contributed by atoms with E-state index in [9.17, 15) is 9.18 Å². The van der Waals surface area contributed by atoms with Gasteiger partial charge in [0.25, 0.3) is 5.91 Å². The van der Waals surface area contributed by atoms with Crippen molar-refractivity contribution in [3.8, 4) is 11.5 Å². The third kappa shape index (κ3) is 4.67. The minimum atomic E-state index is -0.294. The van der Waals surface area contributed by atoms with Gasteiger partial charge in [-0.25, -0.2) is 14.4 Å². The van der Waals surface area contributed by atoms with E-state index in [2.05, 4.69) is 34.3 Å². The fourth-order valence-electron chi connectivity index (χ4n) is 4.37. The largest absolute Gasteiger partial charge is 0.357 e. The summed E-state index contributed by atoms with van der Waals surface area (Å²) < 4.78 is 16.0. The van der Waals surface area contributed by atoms with Crippen molar-refractivity contribution in [2.24, 2.45) is 0 Å². The third-order valence-corrected chi connectivity index (χ3v) is 6.62. The van der Waals surface area contributed by atoms with Crippen LogP contribution in [-0.2, 0) is 19.6 Å². The Bertz CT molecular complexity index is 1450. The third-order valence-electron chi connectivity index (χ3n) is 6.62. The average molecular weight is 501 g/mol. The van der Waals surface area contributed by atoms with Gasteiger partial charge in [0.1, 0.15) is 29.5 Å². The van der Waals surface area contributed by atoms with Crippen molar-refractivity contribution in [2.75, 3.05) is 23.9 Å². The zero-order valence-electron chi connectivity index (χ0n) is 21.3. The summed E-state index contributed by atoms with van der Waals surface area (Å²) in [6.07, 6.45) is 1.55. The van der Waals surface area contributed by atoms with Gasteiger partial charge in [0, 0.05) is 30.8 Å². The van der Waals surface area contributed by atoms with Crippen LogP contribution in [0.4, 0.5) is 16.0 Å². The Morgan fingerprint density at radius 3 is 2.70 bits per heavy atom. The summed E-state index contributed by atoms with van der Waals surface area (Å²) in [7, 11) is 3.84. The zero-order valence-corrected chi connectivity index (χ0v) is 21.3. The van der Waals surface area contributed by atoms with Crippen molar-refractivity contribution in [3.63, 3.8) is 0 Å². The lowest BCUT2D eigenvalue weighted by Gasteiger charge is -2.24. The first-order valence-electron chi connectivity index (χ1n) is 12.2. The number of anilines is 2. The Hall–Kier alpha value is -4.18. The standard InChI is InChI=1S/C27H29FN8O/c1-17(2)34(4)25-12-19-20(23(32-25)13-29-3)15-36(27(19)37)24-11-7-10-22(31-24)26-33-30-16-35(26)14-18-8-5-6-9-21(18)28/h5-12,16-17,29H,13-15H2,1-4H3. The van der Waals surface area contributed by atoms with Gasteiger partial charge < -0.3 is 14.8 Å². The number of amides is 1. The van der Waals surface area contributed by atoms with E-state index in [1.54, 1.807) is 40.1 Å². The molecule has 1 N–H and O–H groups in total. The summed E-state index contributed by atoms with van der Waals surface area (Å²) in [4.78, 5) is 26.9. The monoisotopic (exact) mass is 500 g/mol. The Kier molecular flexibility index (Phi) is 6.66. The summed E-state index contributed by atoms with van der Waals surface area (Å²) in [5.41, 5.74) is 3.45. The molecular weight excluding hydrogens is 471 g/mol. The molecule has 0 aliphatic carbocycles. The second-order valence-corrected chi connectivity index (χ2v) is 9.33. The maximum Gasteiger partial charge on any atom is 0.260 e. The maximum atomic E-state index is 14.2. The summed E-state index contributed by atoms with van der Waals surface area (Å²) in [6.45, 7) is 5.36. The fraction of sp³-hybridized carbons (Fsp3) is 0.296. The average Bonchev–Trinajstić information content (AvgIpc) is 3.49. The molecule has 0 saturated heterocycles. The quantitative estimate of drug-likeness (QED) is 0.395. The molecule has 0 radical (unpaired) electrons. The van der Waals surface area contributed by atoms with Gasteiger partial charge in [-0.2, -0.15) is 0 Å². The number of pyridine rings is 2. The van der Waals surface area contributed by atoms with E-state index in [4.69, 9.17) is 9.97 Å². The van der Waals surface area contributed by atoms with Crippen molar-refractivity contribution in [1.82, 2.24) is 30.0 Å². The van der Waals surface area contributed by atoms with Gasteiger partial charge in [-0.15, -0.1) is 10.2 Å². The zero-order chi connectivity index (χ0) is 26.1. The molecule has 190 valence electrons. The van der Waals surface area contributed by atoms with Gasteiger partial charge in [-0.3, -0.25) is 9.69 Å². The van der Waals surface area contributed by atoms with Crippen LogP contribution in [0.5, 0.6) is 0 Å². The highest BCUT2D eigenvalue weighted by Gasteiger charge is 2.33. The van der Waals surface area contributed by atoms with Crippen LogP contribution in [0.25, 0.3) is 11.5 Å². The summed E-state index contributed by atoms with van der Waals surface area (Å²) in [5.74, 6) is 1.35. The van der Waals surface area contributed by atoms with Crippen molar-refractivity contribution >= 4 is 17.5 Å². The molecule has 4 aromatic rings.